The summed E-state index contributed by atoms with van der Waals surface area (Å²) in [7, 11) is 3.78. The van der Waals surface area contributed by atoms with Gasteiger partial charge in [-0.15, -0.1) is 0 Å². The number of rotatable bonds is 4. The number of halogens is 1. The number of para-hydroxylation sites is 1. The van der Waals surface area contributed by atoms with Crippen molar-refractivity contribution in [3.05, 3.63) is 40.7 Å². The van der Waals surface area contributed by atoms with Crippen LogP contribution in [0, 0.1) is 5.82 Å². The van der Waals surface area contributed by atoms with Gasteiger partial charge in [-0.2, -0.15) is 0 Å². The van der Waals surface area contributed by atoms with Crippen LogP contribution in [0.25, 0.3) is 0 Å². The highest BCUT2D eigenvalue weighted by Gasteiger charge is 2.24. The summed E-state index contributed by atoms with van der Waals surface area (Å²) in [5.74, 6) is -0.234. The lowest BCUT2D eigenvalue weighted by atomic mass is 9.91. The van der Waals surface area contributed by atoms with Gasteiger partial charge in [0.15, 0.2) is 5.13 Å². The Bertz CT molecular complexity index is 616. The largest absolute Gasteiger partial charge is 0.318 e. The Hall–Kier alpha value is -1.46. The van der Waals surface area contributed by atoms with Crippen LogP contribution in [-0.4, -0.2) is 19.1 Å². The van der Waals surface area contributed by atoms with E-state index in [9.17, 15) is 4.39 Å². The normalized spacial score (nSPS) is 11.7. The maximum Gasteiger partial charge on any atom is 0.190 e. The predicted octanol–water partition coefficient (Wildman–Crippen LogP) is 4.07. The summed E-state index contributed by atoms with van der Waals surface area (Å²) in [4.78, 5) is 7.77. The molecule has 0 atom stereocenters. The van der Waals surface area contributed by atoms with Gasteiger partial charge in [0.2, 0.25) is 0 Å². The van der Waals surface area contributed by atoms with Crippen LogP contribution in [0.5, 0.6) is 0 Å². The van der Waals surface area contributed by atoms with Gasteiger partial charge < -0.3 is 10.2 Å². The molecular formula is C16H22FN3S. The first-order chi connectivity index (χ1) is 9.84. The van der Waals surface area contributed by atoms with Crippen LogP contribution in [0.1, 0.15) is 31.3 Å². The van der Waals surface area contributed by atoms with Gasteiger partial charge in [0, 0.05) is 23.9 Å². The molecule has 2 rings (SSSR count). The average Bonchev–Trinajstić information content (AvgIpc) is 2.83. The Morgan fingerprint density at radius 2 is 1.95 bits per heavy atom. The Morgan fingerprint density at radius 1 is 1.29 bits per heavy atom. The van der Waals surface area contributed by atoms with Gasteiger partial charge in [0.25, 0.3) is 0 Å². The third-order valence-electron chi connectivity index (χ3n) is 3.23. The first-order valence-electron chi connectivity index (χ1n) is 6.97. The standard InChI is InChI=1S/C16H22FN3S/c1-16(2,3)14-13(10-18-4)21-15(19-14)20(5)12-9-7-6-8-11(12)17/h6-9,18H,10H2,1-5H3. The molecule has 1 N–H and O–H groups in total. The number of nitrogens with one attached hydrogen (secondary N) is 1. The molecular weight excluding hydrogens is 285 g/mol. The molecule has 1 aromatic carbocycles. The highest BCUT2D eigenvalue weighted by Crippen LogP contribution is 2.36. The summed E-state index contributed by atoms with van der Waals surface area (Å²) in [5.41, 5.74) is 1.58. The zero-order valence-corrected chi connectivity index (χ0v) is 14.0. The van der Waals surface area contributed by atoms with Crippen molar-refractivity contribution < 1.29 is 4.39 Å². The first kappa shape index (κ1) is 15.9. The minimum Gasteiger partial charge on any atom is -0.318 e. The predicted molar refractivity (Wildman–Crippen MR) is 88.0 cm³/mol. The molecule has 1 aromatic heterocycles. The summed E-state index contributed by atoms with van der Waals surface area (Å²) in [6.45, 7) is 7.21. The molecule has 0 aliphatic carbocycles. The molecule has 0 aliphatic rings. The van der Waals surface area contributed by atoms with Crippen LogP contribution in [-0.2, 0) is 12.0 Å². The van der Waals surface area contributed by atoms with Crippen LogP contribution in [0.15, 0.2) is 24.3 Å². The van der Waals surface area contributed by atoms with E-state index in [2.05, 4.69) is 26.1 Å². The molecule has 21 heavy (non-hydrogen) atoms. The molecule has 1 heterocycles. The summed E-state index contributed by atoms with van der Waals surface area (Å²) >= 11 is 1.61. The highest BCUT2D eigenvalue weighted by molar-refractivity contribution is 7.15. The number of aromatic nitrogens is 1. The fraction of sp³-hybridized carbons (Fsp3) is 0.438. The first-order valence-corrected chi connectivity index (χ1v) is 7.79. The summed E-state index contributed by atoms with van der Waals surface area (Å²) in [6.07, 6.45) is 0. The van der Waals surface area contributed by atoms with Gasteiger partial charge in [-0.3, -0.25) is 0 Å². The lowest BCUT2D eigenvalue weighted by Gasteiger charge is -2.18. The number of anilines is 2. The van der Waals surface area contributed by atoms with Crippen molar-refractivity contribution >= 4 is 22.2 Å². The number of hydrogen-bond acceptors (Lipinski definition) is 4. The summed E-state index contributed by atoms with van der Waals surface area (Å²) in [5, 5.41) is 3.99. The topological polar surface area (TPSA) is 28.2 Å². The molecule has 0 spiro atoms. The Morgan fingerprint density at radius 3 is 2.52 bits per heavy atom. The zero-order chi connectivity index (χ0) is 15.6. The molecule has 0 unspecified atom stereocenters. The van der Waals surface area contributed by atoms with Crippen LogP contribution in [0.2, 0.25) is 0 Å². The number of thiazole rings is 1. The number of benzene rings is 1. The number of hydrogen-bond donors (Lipinski definition) is 1. The summed E-state index contributed by atoms with van der Waals surface area (Å²) < 4.78 is 13.9. The van der Waals surface area contributed by atoms with E-state index in [1.54, 1.807) is 23.5 Å². The smallest absolute Gasteiger partial charge is 0.190 e. The van der Waals surface area contributed by atoms with E-state index in [0.29, 0.717) is 5.69 Å². The zero-order valence-electron chi connectivity index (χ0n) is 13.2. The minimum atomic E-state index is -0.234. The van der Waals surface area contributed by atoms with Crippen molar-refractivity contribution in [1.82, 2.24) is 10.3 Å². The van der Waals surface area contributed by atoms with Gasteiger partial charge in [-0.1, -0.05) is 44.2 Å². The van der Waals surface area contributed by atoms with E-state index in [1.807, 2.05) is 25.1 Å². The quantitative estimate of drug-likeness (QED) is 0.923. The second-order valence-electron chi connectivity index (χ2n) is 6.06. The van der Waals surface area contributed by atoms with Gasteiger partial charge in [0.1, 0.15) is 5.82 Å². The molecule has 0 saturated heterocycles. The third-order valence-corrected chi connectivity index (χ3v) is 4.37. The van der Waals surface area contributed by atoms with Gasteiger partial charge in [-0.05, 0) is 19.2 Å². The van der Waals surface area contributed by atoms with Crippen LogP contribution < -0.4 is 10.2 Å². The SMILES string of the molecule is CNCc1sc(N(C)c2ccccc2F)nc1C(C)(C)C. The monoisotopic (exact) mass is 307 g/mol. The number of nitrogens with zero attached hydrogens (tertiary/aromatic N) is 2. The van der Waals surface area contributed by atoms with Crippen LogP contribution >= 0.6 is 11.3 Å². The van der Waals surface area contributed by atoms with E-state index in [-0.39, 0.29) is 11.2 Å². The Kier molecular flexibility index (Phi) is 4.64. The molecule has 2 aromatic rings. The molecule has 0 saturated carbocycles. The second-order valence-corrected chi connectivity index (χ2v) is 7.12. The fourth-order valence-corrected chi connectivity index (χ4v) is 3.43. The molecule has 3 nitrogen and oxygen atoms in total. The van der Waals surface area contributed by atoms with Crippen molar-refractivity contribution in [1.29, 1.82) is 0 Å². The molecule has 0 bridgehead atoms. The molecule has 5 heteroatoms. The van der Waals surface area contributed by atoms with E-state index >= 15 is 0 Å². The van der Waals surface area contributed by atoms with E-state index in [4.69, 9.17) is 4.98 Å². The van der Waals surface area contributed by atoms with Crippen molar-refractivity contribution in [2.45, 2.75) is 32.7 Å². The van der Waals surface area contributed by atoms with Crippen molar-refractivity contribution in [3.8, 4) is 0 Å². The molecule has 0 aliphatic heterocycles. The van der Waals surface area contributed by atoms with Crippen LogP contribution in [0.4, 0.5) is 15.2 Å². The van der Waals surface area contributed by atoms with Gasteiger partial charge in [0.05, 0.1) is 11.4 Å². The lowest BCUT2D eigenvalue weighted by molar-refractivity contribution is 0.563. The Labute approximate surface area is 129 Å². The lowest BCUT2D eigenvalue weighted by Crippen LogP contribution is -2.17. The second kappa shape index (κ2) is 6.12. The fourth-order valence-electron chi connectivity index (χ4n) is 2.18. The van der Waals surface area contributed by atoms with Crippen molar-refractivity contribution in [2.24, 2.45) is 0 Å². The third kappa shape index (κ3) is 3.41. The van der Waals surface area contributed by atoms with Crippen molar-refractivity contribution in [3.63, 3.8) is 0 Å². The minimum absolute atomic E-state index is 0.0307. The molecule has 114 valence electrons. The average molecular weight is 307 g/mol. The molecule has 0 radical (unpaired) electrons. The van der Waals surface area contributed by atoms with Crippen LogP contribution in [0.3, 0.4) is 0 Å². The molecule has 0 fully saturated rings. The van der Waals surface area contributed by atoms with Crippen molar-refractivity contribution in [2.75, 3.05) is 19.0 Å². The van der Waals surface area contributed by atoms with E-state index in [1.165, 1.54) is 10.9 Å². The molecule has 0 amide bonds. The Balaban J connectivity index is 2.43. The summed E-state index contributed by atoms with van der Waals surface area (Å²) in [6, 6.07) is 6.77. The van der Waals surface area contributed by atoms with E-state index < -0.39 is 0 Å². The highest BCUT2D eigenvalue weighted by atomic mass is 32.1. The van der Waals surface area contributed by atoms with Gasteiger partial charge >= 0.3 is 0 Å². The van der Waals surface area contributed by atoms with E-state index in [0.717, 1.165) is 17.4 Å². The van der Waals surface area contributed by atoms with Gasteiger partial charge in [-0.25, -0.2) is 9.37 Å². The maximum absolute atomic E-state index is 13.9. The maximum atomic E-state index is 13.9.